The molecule has 10 heteroatoms. The molecule has 11 rings (SSSR count). The van der Waals surface area contributed by atoms with Gasteiger partial charge in [-0.1, -0.05) is 89.0 Å². The first-order valence-electron chi connectivity index (χ1n) is 16.8. The molecule has 0 atom stereocenters. The summed E-state index contributed by atoms with van der Waals surface area (Å²) in [6, 6.07) is 46.3. The lowest BCUT2D eigenvalue weighted by Gasteiger charge is -2.37. The van der Waals surface area contributed by atoms with Crippen LogP contribution in [0.2, 0.25) is 0 Å². The first-order chi connectivity index (χ1) is 25.5. The molecule has 7 aromatic rings. The normalized spacial score (nSPS) is 13.7. The lowest BCUT2D eigenvalue weighted by atomic mass is 9.32. The minimum atomic E-state index is 0.0154. The standard InChI is InChI=1S/C42H22B2I2O4S2/c45-23-11-13-29-33(15-23)49-35-17-27(47-25-7-3-1-4-8-25)19-39-41(35)43(29)31-21-32-38(22-37(31)51-39)52-40-20-28(48-26-9-5-2-6-10-26)18-36-42(40)44(32)30-14-12-24(46)16-34(30)50-36/h1-22H. The number of para-hydroxylation sites is 2. The fraction of sp³-hybridized carbons (Fsp3) is 0. The molecule has 0 amide bonds. The molecular formula is C42H22B2I2O4S2. The van der Waals surface area contributed by atoms with E-state index in [1.165, 1.54) is 42.6 Å². The van der Waals surface area contributed by atoms with Crippen LogP contribution in [0.5, 0.6) is 46.0 Å². The van der Waals surface area contributed by atoms with Gasteiger partial charge in [0, 0.05) is 38.9 Å². The van der Waals surface area contributed by atoms with Crippen LogP contribution in [-0.2, 0) is 0 Å². The Morgan fingerprint density at radius 2 is 0.865 bits per heavy atom. The summed E-state index contributed by atoms with van der Waals surface area (Å²) < 4.78 is 28.5. The van der Waals surface area contributed by atoms with E-state index in [2.05, 4.69) is 118 Å². The third kappa shape index (κ3) is 5.20. The summed E-state index contributed by atoms with van der Waals surface area (Å²) in [5.41, 5.74) is 7.35. The summed E-state index contributed by atoms with van der Waals surface area (Å²) in [6.45, 7) is 0.0308. The summed E-state index contributed by atoms with van der Waals surface area (Å²) in [5, 5.41) is 0. The van der Waals surface area contributed by atoms with E-state index < -0.39 is 0 Å². The highest BCUT2D eigenvalue weighted by molar-refractivity contribution is 14.1. The number of fused-ring (bicyclic) bond motifs is 8. The Labute approximate surface area is 337 Å². The van der Waals surface area contributed by atoms with Crippen LogP contribution in [0.15, 0.2) is 153 Å². The predicted molar refractivity (Wildman–Crippen MR) is 228 cm³/mol. The fourth-order valence-corrected chi connectivity index (χ4v) is 11.2. The monoisotopic (exact) mass is 930 g/mol. The van der Waals surface area contributed by atoms with Crippen LogP contribution >= 0.6 is 68.7 Å². The van der Waals surface area contributed by atoms with E-state index in [0.29, 0.717) is 0 Å². The lowest BCUT2D eigenvalue weighted by Crippen LogP contribution is -2.62. The second-order valence-corrected chi connectivity index (χ2v) is 17.7. The maximum atomic E-state index is 6.70. The second kappa shape index (κ2) is 12.3. The second-order valence-electron chi connectivity index (χ2n) is 13.1. The molecule has 4 aliphatic heterocycles. The summed E-state index contributed by atoms with van der Waals surface area (Å²) in [6.07, 6.45) is 0. The maximum Gasteiger partial charge on any atom is 0.253 e. The average Bonchev–Trinajstić information content (AvgIpc) is 3.14. The van der Waals surface area contributed by atoms with Gasteiger partial charge in [-0.2, -0.15) is 0 Å². The van der Waals surface area contributed by atoms with Crippen LogP contribution < -0.4 is 51.7 Å². The highest BCUT2D eigenvalue weighted by Gasteiger charge is 2.44. The largest absolute Gasteiger partial charge is 0.458 e. The Hall–Kier alpha value is -3.97. The lowest BCUT2D eigenvalue weighted by molar-refractivity contribution is 0.460. The van der Waals surface area contributed by atoms with Crippen molar-refractivity contribution in [2.24, 2.45) is 0 Å². The summed E-state index contributed by atoms with van der Waals surface area (Å²) in [4.78, 5) is 4.79. The van der Waals surface area contributed by atoms with Crippen LogP contribution in [0.25, 0.3) is 0 Å². The van der Waals surface area contributed by atoms with Gasteiger partial charge in [-0.25, -0.2) is 0 Å². The molecular weight excluding hydrogens is 908 g/mol. The van der Waals surface area contributed by atoms with Gasteiger partial charge in [0.15, 0.2) is 0 Å². The van der Waals surface area contributed by atoms with Crippen molar-refractivity contribution in [3.05, 3.63) is 141 Å². The Morgan fingerprint density at radius 1 is 0.404 bits per heavy atom. The van der Waals surface area contributed by atoms with Crippen molar-refractivity contribution < 1.29 is 18.9 Å². The molecule has 246 valence electrons. The highest BCUT2D eigenvalue weighted by Crippen LogP contribution is 2.44. The quantitative estimate of drug-likeness (QED) is 0.130. The molecule has 0 fully saturated rings. The van der Waals surface area contributed by atoms with Crippen molar-refractivity contribution in [1.29, 1.82) is 0 Å². The molecule has 0 spiro atoms. The maximum absolute atomic E-state index is 6.70. The number of hydrogen-bond donors (Lipinski definition) is 0. The van der Waals surface area contributed by atoms with Crippen LogP contribution in [0.1, 0.15) is 0 Å². The van der Waals surface area contributed by atoms with Gasteiger partial charge in [0.05, 0.1) is 0 Å². The van der Waals surface area contributed by atoms with Gasteiger partial charge in [-0.3, -0.25) is 0 Å². The molecule has 0 saturated carbocycles. The van der Waals surface area contributed by atoms with Crippen LogP contribution in [-0.4, -0.2) is 13.4 Å². The van der Waals surface area contributed by atoms with Gasteiger partial charge in [0.2, 0.25) is 0 Å². The molecule has 4 nitrogen and oxygen atoms in total. The molecule has 4 aliphatic rings. The van der Waals surface area contributed by atoms with Crippen molar-refractivity contribution in [2.45, 2.75) is 19.6 Å². The molecule has 0 radical (unpaired) electrons. The Kier molecular flexibility index (Phi) is 7.46. The summed E-state index contributed by atoms with van der Waals surface area (Å²) in [7, 11) is 0. The van der Waals surface area contributed by atoms with Gasteiger partial charge in [-0.05, 0) is 134 Å². The first-order valence-corrected chi connectivity index (χ1v) is 20.6. The molecule has 0 aliphatic carbocycles. The van der Waals surface area contributed by atoms with Gasteiger partial charge >= 0.3 is 0 Å². The molecule has 0 N–H and O–H groups in total. The van der Waals surface area contributed by atoms with E-state index in [-0.39, 0.29) is 13.4 Å². The zero-order valence-corrected chi connectivity index (χ0v) is 33.0. The minimum Gasteiger partial charge on any atom is -0.458 e. The van der Waals surface area contributed by atoms with Gasteiger partial charge in [-0.15, -0.1) is 0 Å². The average molecular weight is 930 g/mol. The van der Waals surface area contributed by atoms with E-state index in [9.17, 15) is 0 Å². The van der Waals surface area contributed by atoms with Crippen LogP contribution in [0, 0.1) is 7.14 Å². The van der Waals surface area contributed by atoms with Crippen molar-refractivity contribution in [1.82, 2.24) is 0 Å². The summed E-state index contributed by atoms with van der Waals surface area (Å²) >= 11 is 8.34. The van der Waals surface area contributed by atoms with Crippen LogP contribution in [0.4, 0.5) is 0 Å². The third-order valence-corrected chi connectivity index (χ3v) is 13.5. The number of ether oxygens (including phenoxy) is 4. The Bertz CT molecular complexity index is 2460. The van der Waals surface area contributed by atoms with E-state index in [1.54, 1.807) is 23.5 Å². The van der Waals surface area contributed by atoms with Gasteiger partial charge in [0.1, 0.15) is 46.0 Å². The van der Waals surface area contributed by atoms with Crippen molar-refractivity contribution in [3.8, 4) is 46.0 Å². The molecule has 0 aromatic heterocycles. The highest BCUT2D eigenvalue weighted by atomic mass is 127. The van der Waals surface area contributed by atoms with E-state index in [0.717, 1.165) is 62.9 Å². The zero-order chi connectivity index (χ0) is 34.5. The summed E-state index contributed by atoms with van der Waals surface area (Å²) in [5.74, 6) is 6.58. The molecule has 0 saturated heterocycles. The molecule has 7 aromatic carbocycles. The number of halogens is 2. The SMILES string of the molecule is Ic1ccc2c(c1)Oc1cc(Oc3ccccc3)cc3c1B2c1cc2c(cc1S3)Sc1cc(Oc3ccccc3)cc3c1B2c1ccc(I)cc1O3. The van der Waals surface area contributed by atoms with Gasteiger partial charge in [0.25, 0.3) is 13.4 Å². The predicted octanol–water partition coefficient (Wildman–Crippen LogP) is 8.65. The Balaban J connectivity index is 1.09. The fourth-order valence-electron chi connectivity index (χ4n) is 7.75. The topological polar surface area (TPSA) is 36.9 Å². The van der Waals surface area contributed by atoms with Crippen molar-refractivity contribution >= 4 is 115 Å². The number of rotatable bonds is 4. The third-order valence-electron chi connectivity index (χ3n) is 9.91. The van der Waals surface area contributed by atoms with E-state index >= 15 is 0 Å². The molecule has 0 unspecified atom stereocenters. The minimum absolute atomic E-state index is 0.0154. The molecule has 4 heterocycles. The zero-order valence-electron chi connectivity index (χ0n) is 27.1. The molecule has 0 bridgehead atoms. The van der Waals surface area contributed by atoms with Crippen LogP contribution in [0.3, 0.4) is 0 Å². The first kappa shape index (κ1) is 31.5. The van der Waals surface area contributed by atoms with Gasteiger partial charge < -0.3 is 18.9 Å². The number of benzene rings is 7. The molecule has 52 heavy (non-hydrogen) atoms. The smallest absolute Gasteiger partial charge is 0.253 e. The Morgan fingerprint density at radius 3 is 1.33 bits per heavy atom. The van der Waals surface area contributed by atoms with E-state index in [4.69, 9.17) is 18.9 Å². The van der Waals surface area contributed by atoms with Crippen molar-refractivity contribution in [2.75, 3.05) is 0 Å². The number of hydrogen-bond acceptors (Lipinski definition) is 6. The van der Waals surface area contributed by atoms with E-state index in [1.807, 2.05) is 60.7 Å². The van der Waals surface area contributed by atoms with Crippen molar-refractivity contribution in [3.63, 3.8) is 0 Å².